The second-order valence-electron chi connectivity index (χ2n) is 6.51. The first-order valence-electron chi connectivity index (χ1n) is 8.67. The molecule has 28 heavy (non-hydrogen) atoms. The van der Waals surface area contributed by atoms with Gasteiger partial charge in [-0.2, -0.15) is 0 Å². The fourth-order valence-electron chi connectivity index (χ4n) is 2.78. The number of nitrogens with one attached hydrogen (secondary N) is 1. The molecule has 0 spiro atoms. The van der Waals surface area contributed by atoms with Gasteiger partial charge >= 0.3 is 0 Å². The van der Waals surface area contributed by atoms with E-state index in [2.05, 4.69) is 5.32 Å². The summed E-state index contributed by atoms with van der Waals surface area (Å²) < 4.78 is 39.6. The first-order chi connectivity index (χ1) is 13.3. The molecule has 3 rings (SSSR count). The molecule has 146 valence electrons. The van der Waals surface area contributed by atoms with Gasteiger partial charge in [-0.25, -0.2) is 12.8 Å². The Morgan fingerprint density at radius 2 is 1.79 bits per heavy atom. The van der Waals surface area contributed by atoms with Crippen LogP contribution in [0.3, 0.4) is 0 Å². The number of amides is 1. The van der Waals surface area contributed by atoms with Crippen molar-refractivity contribution in [3.63, 3.8) is 0 Å². The van der Waals surface area contributed by atoms with Gasteiger partial charge < -0.3 is 5.32 Å². The van der Waals surface area contributed by atoms with E-state index in [0.29, 0.717) is 4.88 Å². The SMILES string of the molecule is Cc1ccc(S(=O)(=O)[C@H](CNC(=O)c2ccc(F)cc2)c2cccs2)cc1C. The minimum absolute atomic E-state index is 0.0774. The average molecular weight is 418 g/mol. The van der Waals surface area contributed by atoms with Crippen LogP contribution in [0.25, 0.3) is 0 Å². The molecule has 0 aliphatic carbocycles. The maximum absolute atomic E-state index is 13.3. The summed E-state index contributed by atoms with van der Waals surface area (Å²) in [5.41, 5.74) is 2.17. The third kappa shape index (κ3) is 4.31. The summed E-state index contributed by atoms with van der Waals surface area (Å²) in [6.07, 6.45) is 0. The molecule has 0 aliphatic heterocycles. The third-order valence-electron chi connectivity index (χ3n) is 4.60. The fourth-order valence-corrected chi connectivity index (χ4v) is 5.65. The topological polar surface area (TPSA) is 63.2 Å². The standard InChI is InChI=1S/C21H20FNO3S2/c1-14-5-10-18(12-15(14)2)28(25,26)20(19-4-3-11-27-19)13-23-21(24)16-6-8-17(22)9-7-16/h3-12,20H,13H2,1-2H3,(H,23,24)/t20-/m1/s1. The van der Waals surface area contributed by atoms with Gasteiger partial charge in [-0.15, -0.1) is 11.3 Å². The summed E-state index contributed by atoms with van der Waals surface area (Å²) in [5, 5.41) is 3.58. The van der Waals surface area contributed by atoms with Crippen molar-refractivity contribution in [2.24, 2.45) is 0 Å². The van der Waals surface area contributed by atoms with E-state index in [1.165, 1.54) is 35.6 Å². The molecule has 0 radical (unpaired) electrons. The molecule has 1 amide bonds. The van der Waals surface area contributed by atoms with E-state index in [9.17, 15) is 17.6 Å². The lowest BCUT2D eigenvalue weighted by Crippen LogP contribution is -2.31. The van der Waals surface area contributed by atoms with Crippen LogP contribution in [0.1, 0.15) is 31.6 Å². The normalized spacial score (nSPS) is 12.5. The minimum atomic E-state index is -3.71. The van der Waals surface area contributed by atoms with Gasteiger partial charge in [-0.05, 0) is 72.8 Å². The molecule has 7 heteroatoms. The molecular weight excluding hydrogens is 397 g/mol. The van der Waals surface area contributed by atoms with E-state index >= 15 is 0 Å². The summed E-state index contributed by atoms with van der Waals surface area (Å²) in [5.74, 6) is -0.887. The molecule has 4 nitrogen and oxygen atoms in total. The highest BCUT2D eigenvalue weighted by atomic mass is 32.2. The maximum atomic E-state index is 13.3. The second kappa shape index (κ2) is 8.24. The quantitative estimate of drug-likeness (QED) is 0.645. The third-order valence-corrected chi connectivity index (χ3v) is 7.81. The summed E-state index contributed by atoms with van der Waals surface area (Å²) in [7, 11) is -3.71. The van der Waals surface area contributed by atoms with Crippen LogP contribution in [-0.4, -0.2) is 20.9 Å². The van der Waals surface area contributed by atoms with Crippen LogP contribution >= 0.6 is 11.3 Å². The molecule has 1 atom stereocenters. The molecule has 0 saturated carbocycles. The minimum Gasteiger partial charge on any atom is -0.350 e. The molecule has 0 unspecified atom stereocenters. The Morgan fingerprint density at radius 1 is 1.07 bits per heavy atom. The lowest BCUT2D eigenvalue weighted by Gasteiger charge is -2.18. The number of halogens is 1. The fraction of sp³-hybridized carbons (Fsp3) is 0.190. The molecule has 0 saturated heterocycles. The Kier molecular flexibility index (Phi) is 5.96. The van der Waals surface area contributed by atoms with Gasteiger partial charge in [0.05, 0.1) is 4.90 Å². The predicted octanol–water partition coefficient (Wildman–Crippen LogP) is 4.45. The van der Waals surface area contributed by atoms with E-state index in [1.807, 2.05) is 13.8 Å². The number of rotatable bonds is 6. The summed E-state index contributed by atoms with van der Waals surface area (Å²) in [6.45, 7) is 3.71. The molecule has 3 aromatic rings. The van der Waals surface area contributed by atoms with Crippen LogP contribution in [0.5, 0.6) is 0 Å². The van der Waals surface area contributed by atoms with Crippen molar-refractivity contribution in [3.8, 4) is 0 Å². The number of hydrogen-bond acceptors (Lipinski definition) is 4. The highest BCUT2D eigenvalue weighted by molar-refractivity contribution is 7.91. The average Bonchev–Trinajstić information content (AvgIpc) is 3.18. The first-order valence-corrected chi connectivity index (χ1v) is 11.1. The lowest BCUT2D eigenvalue weighted by molar-refractivity contribution is 0.0953. The van der Waals surface area contributed by atoms with Crippen molar-refractivity contribution >= 4 is 27.1 Å². The van der Waals surface area contributed by atoms with Crippen LogP contribution in [0, 0.1) is 19.7 Å². The Balaban J connectivity index is 1.88. The highest BCUT2D eigenvalue weighted by Gasteiger charge is 2.30. The number of thiophene rings is 1. The summed E-state index contributed by atoms with van der Waals surface area (Å²) in [6, 6.07) is 13.7. The van der Waals surface area contributed by atoms with Crippen molar-refractivity contribution < 1.29 is 17.6 Å². The van der Waals surface area contributed by atoms with Gasteiger partial charge in [0, 0.05) is 17.0 Å². The Hall–Kier alpha value is -2.51. The molecule has 0 fully saturated rings. The van der Waals surface area contributed by atoms with Crippen LogP contribution < -0.4 is 5.32 Å². The summed E-state index contributed by atoms with van der Waals surface area (Å²) >= 11 is 1.33. The van der Waals surface area contributed by atoms with Gasteiger partial charge in [0.1, 0.15) is 11.1 Å². The summed E-state index contributed by atoms with van der Waals surface area (Å²) in [4.78, 5) is 13.2. The zero-order valence-corrected chi connectivity index (χ0v) is 17.1. The zero-order valence-electron chi connectivity index (χ0n) is 15.5. The van der Waals surface area contributed by atoms with Crippen LogP contribution in [-0.2, 0) is 9.84 Å². The Labute approximate surface area is 168 Å². The van der Waals surface area contributed by atoms with Gasteiger partial charge in [0.15, 0.2) is 9.84 Å². The molecular formula is C21H20FNO3S2. The molecule has 0 bridgehead atoms. The number of carbonyl (C=O) groups excluding carboxylic acids is 1. The molecule has 2 aromatic carbocycles. The van der Waals surface area contributed by atoms with E-state index in [1.54, 1.807) is 35.7 Å². The van der Waals surface area contributed by atoms with Crippen LogP contribution in [0.2, 0.25) is 0 Å². The van der Waals surface area contributed by atoms with Gasteiger partial charge in [-0.3, -0.25) is 4.79 Å². The zero-order chi connectivity index (χ0) is 20.3. The smallest absolute Gasteiger partial charge is 0.251 e. The van der Waals surface area contributed by atoms with E-state index in [-0.39, 0.29) is 17.0 Å². The Morgan fingerprint density at radius 3 is 2.39 bits per heavy atom. The maximum Gasteiger partial charge on any atom is 0.251 e. The first kappa shape index (κ1) is 20.2. The van der Waals surface area contributed by atoms with Crippen molar-refractivity contribution in [1.29, 1.82) is 0 Å². The van der Waals surface area contributed by atoms with E-state index < -0.39 is 26.8 Å². The number of benzene rings is 2. The molecule has 1 heterocycles. The van der Waals surface area contributed by atoms with E-state index in [0.717, 1.165) is 11.1 Å². The number of carbonyl (C=O) groups is 1. The monoisotopic (exact) mass is 417 g/mol. The number of aryl methyl sites for hydroxylation is 2. The highest BCUT2D eigenvalue weighted by Crippen LogP contribution is 2.32. The predicted molar refractivity (Wildman–Crippen MR) is 109 cm³/mol. The van der Waals surface area contributed by atoms with Gasteiger partial charge in [0.2, 0.25) is 0 Å². The number of hydrogen-bond donors (Lipinski definition) is 1. The van der Waals surface area contributed by atoms with Crippen LogP contribution in [0.15, 0.2) is 64.9 Å². The Bertz CT molecular complexity index is 1080. The van der Waals surface area contributed by atoms with Crippen molar-refractivity contribution in [2.45, 2.75) is 24.0 Å². The molecule has 0 aliphatic rings. The molecule has 1 N–H and O–H groups in total. The van der Waals surface area contributed by atoms with Crippen LogP contribution in [0.4, 0.5) is 4.39 Å². The largest absolute Gasteiger partial charge is 0.350 e. The van der Waals surface area contributed by atoms with Crippen molar-refractivity contribution in [3.05, 3.63) is 87.4 Å². The number of sulfone groups is 1. The second-order valence-corrected chi connectivity index (χ2v) is 9.62. The lowest BCUT2D eigenvalue weighted by atomic mass is 10.1. The van der Waals surface area contributed by atoms with Gasteiger partial charge in [0.25, 0.3) is 5.91 Å². The van der Waals surface area contributed by atoms with E-state index in [4.69, 9.17) is 0 Å². The van der Waals surface area contributed by atoms with Crippen molar-refractivity contribution in [1.82, 2.24) is 5.32 Å². The molecule has 1 aromatic heterocycles. The van der Waals surface area contributed by atoms with Gasteiger partial charge in [-0.1, -0.05) is 12.1 Å². The van der Waals surface area contributed by atoms with Crippen molar-refractivity contribution in [2.75, 3.05) is 6.54 Å².